The first-order valence-electron chi connectivity index (χ1n) is 6.54. The van der Waals surface area contributed by atoms with Crippen molar-refractivity contribution in [2.45, 2.75) is 0 Å². The summed E-state index contributed by atoms with van der Waals surface area (Å²) in [5.74, 6) is -1.50. The number of hydrogen-bond donors (Lipinski definition) is 1. The molecule has 0 aliphatic rings. The van der Waals surface area contributed by atoms with Gasteiger partial charge in [0.1, 0.15) is 5.75 Å². The molecule has 0 radical (unpaired) electrons. The van der Waals surface area contributed by atoms with Crippen molar-refractivity contribution in [2.24, 2.45) is 5.10 Å². The maximum absolute atomic E-state index is 11.8. The lowest BCUT2D eigenvalue weighted by Crippen LogP contribution is -2.17. The molecule has 0 saturated heterocycles. The molecule has 0 unspecified atom stereocenters. The van der Waals surface area contributed by atoms with Crippen LogP contribution in [0.5, 0.6) is 11.5 Å². The summed E-state index contributed by atoms with van der Waals surface area (Å²) in [7, 11) is 1.23. The summed E-state index contributed by atoms with van der Waals surface area (Å²) in [5, 5.41) is 26.8. The maximum atomic E-state index is 11.8. The van der Waals surface area contributed by atoms with Crippen LogP contribution in [0.15, 0.2) is 41.5 Å². The first-order valence-corrected chi connectivity index (χ1v) is 6.92. The molecule has 0 aromatic heterocycles. The number of rotatable bonds is 5. The fourth-order valence-corrected chi connectivity index (χ4v) is 1.93. The highest BCUT2D eigenvalue weighted by Gasteiger charge is 2.12. The molecule has 1 amide bonds. The minimum Gasteiger partial charge on any atom is -0.865 e. The van der Waals surface area contributed by atoms with E-state index in [1.54, 1.807) is 12.1 Å². The van der Waals surface area contributed by atoms with Crippen LogP contribution in [0, 0.1) is 10.1 Å². The fraction of sp³-hybridized carbons (Fsp3) is 0.0667. The number of carbonyl (C=O) groups is 1. The second-order valence-corrected chi connectivity index (χ2v) is 4.97. The van der Waals surface area contributed by atoms with Gasteiger partial charge in [0.2, 0.25) is 0 Å². The number of nitrogens with one attached hydrogen (secondary N) is 1. The number of ether oxygens (including phenoxy) is 1. The number of benzene rings is 2. The zero-order chi connectivity index (χ0) is 17.7. The van der Waals surface area contributed by atoms with Crippen molar-refractivity contribution in [2.75, 3.05) is 7.11 Å². The number of carbonyl (C=O) groups excluding carboxylic acids is 1. The molecule has 2 aromatic rings. The second kappa shape index (κ2) is 7.42. The Hall–Kier alpha value is -3.13. The van der Waals surface area contributed by atoms with Crippen LogP contribution < -0.4 is 15.3 Å². The standard InChI is InChI=1S/C15H12ClN3O5/c1-24-13-7-9(6-12(14(13)20)19(22)23)8-17-18-15(21)10-2-4-11(16)5-3-10/h2-8,20H,1H3,(H,18,21)/p-1/b17-8-. The van der Waals surface area contributed by atoms with Gasteiger partial charge in [0.05, 0.1) is 18.2 Å². The highest BCUT2D eigenvalue weighted by Crippen LogP contribution is 2.33. The van der Waals surface area contributed by atoms with Gasteiger partial charge in [0.25, 0.3) is 11.6 Å². The van der Waals surface area contributed by atoms with E-state index in [4.69, 9.17) is 16.3 Å². The molecular weight excluding hydrogens is 338 g/mol. The van der Waals surface area contributed by atoms with Crippen LogP contribution in [0.4, 0.5) is 5.69 Å². The summed E-state index contributed by atoms with van der Waals surface area (Å²) in [6, 6.07) is 8.49. The molecule has 24 heavy (non-hydrogen) atoms. The number of halogens is 1. The minimum absolute atomic E-state index is 0.185. The van der Waals surface area contributed by atoms with E-state index in [9.17, 15) is 20.0 Å². The molecule has 0 atom stereocenters. The van der Waals surface area contributed by atoms with E-state index in [1.165, 1.54) is 31.5 Å². The van der Waals surface area contributed by atoms with Gasteiger partial charge >= 0.3 is 0 Å². The van der Waals surface area contributed by atoms with E-state index in [-0.39, 0.29) is 11.3 Å². The predicted octanol–water partition coefficient (Wildman–Crippen LogP) is 2.09. The summed E-state index contributed by atoms with van der Waals surface area (Å²) in [4.78, 5) is 21.9. The smallest absolute Gasteiger partial charge is 0.271 e. The van der Waals surface area contributed by atoms with Crippen LogP contribution in [0.1, 0.15) is 15.9 Å². The highest BCUT2D eigenvalue weighted by atomic mass is 35.5. The van der Waals surface area contributed by atoms with Gasteiger partial charge in [-0.2, -0.15) is 5.10 Å². The van der Waals surface area contributed by atoms with Crippen molar-refractivity contribution in [1.82, 2.24) is 5.43 Å². The zero-order valence-electron chi connectivity index (χ0n) is 12.4. The third kappa shape index (κ3) is 3.99. The van der Waals surface area contributed by atoms with Crippen LogP contribution in [0.3, 0.4) is 0 Å². The average Bonchev–Trinajstić information content (AvgIpc) is 2.56. The maximum Gasteiger partial charge on any atom is 0.271 e. The molecule has 0 fully saturated rings. The van der Waals surface area contributed by atoms with Crippen LogP contribution >= 0.6 is 11.6 Å². The van der Waals surface area contributed by atoms with Crippen LogP contribution in [0.25, 0.3) is 0 Å². The Bertz CT molecular complexity index is 806. The first-order chi connectivity index (χ1) is 11.4. The average molecular weight is 349 g/mol. The topological polar surface area (TPSA) is 117 Å². The Morgan fingerprint density at radius 3 is 2.58 bits per heavy atom. The third-order valence-electron chi connectivity index (χ3n) is 2.96. The van der Waals surface area contributed by atoms with Crippen molar-refractivity contribution in [3.63, 3.8) is 0 Å². The quantitative estimate of drug-likeness (QED) is 0.504. The van der Waals surface area contributed by atoms with E-state index >= 15 is 0 Å². The van der Waals surface area contributed by atoms with Crippen molar-refractivity contribution >= 4 is 29.4 Å². The van der Waals surface area contributed by atoms with E-state index in [0.717, 1.165) is 6.07 Å². The number of nitro groups is 1. The molecule has 0 saturated carbocycles. The van der Waals surface area contributed by atoms with Crippen molar-refractivity contribution in [3.8, 4) is 11.5 Å². The number of nitro benzene ring substituents is 1. The number of amides is 1. The fourth-order valence-electron chi connectivity index (χ4n) is 1.80. The normalized spacial score (nSPS) is 10.6. The van der Waals surface area contributed by atoms with Gasteiger partial charge in [-0.15, -0.1) is 0 Å². The predicted molar refractivity (Wildman–Crippen MR) is 85.6 cm³/mol. The van der Waals surface area contributed by atoms with Gasteiger partial charge in [0, 0.05) is 28.0 Å². The van der Waals surface area contributed by atoms with E-state index in [2.05, 4.69) is 10.5 Å². The molecule has 0 aliphatic carbocycles. The number of methoxy groups -OCH3 is 1. The summed E-state index contributed by atoms with van der Waals surface area (Å²) in [6.45, 7) is 0. The molecule has 0 spiro atoms. The Kier molecular flexibility index (Phi) is 5.33. The van der Waals surface area contributed by atoms with Gasteiger partial charge in [-0.1, -0.05) is 11.6 Å². The lowest BCUT2D eigenvalue weighted by atomic mass is 10.2. The molecule has 9 heteroatoms. The lowest BCUT2D eigenvalue weighted by Gasteiger charge is -2.12. The first kappa shape index (κ1) is 17.2. The summed E-state index contributed by atoms with van der Waals surface area (Å²) in [6.07, 6.45) is 1.17. The minimum atomic E-state index is -0.829. The van der Waals surface area contributed by atoms with Gasteiger partial charge in [-0.3, -0.25) is 14.9 Å². The second-order valence-electron chi connectivity index (χ2n) is 4.53. The molecule has 0 heterocycles. The lowest BCUT2D eigenvalue weighted by molar-refractivity contribution is -0.398. The largest absolute Gasteiger partial charge is 0.865 e. The number of hydrogen-bond acceptors (Lipinski definition) is 6. The Balaban J connectivity index is 2.16. The molecule has 0 bridgehead atoms. The molecule has 124 valence electrons. The van der Waals surface area contributed by atoms with Gasteiger partial charge in [-0.05, 0) is 30.3 Å². The van der Waals surface area contributed by atoms with Crippen LogP contribution in [0.2, 0.25) is 5.02 Å². The van der Waals surface area contributed by atoms with E-state index < -0.39 is 22.3 Å². The van der Waals surface area contributed by atoms with Gasteiger partial charge in [-0.25, -0.2) is 5.43 Å². The SMILES string of the molecule is COc1cc(/C=N\NC(=O)c2ccc(Cl)cc2)cc([N+](=O)[O-])c1[O-]. The molecule has 2 aromatic carbocycles. The highest BCUT2D eigenvalue weighted by molar-refractivity contribution is 6.30. The zero-order valence-corrected chi connectivity index (χ0v) is 13.1. The molecule has 8 nitrogen and oxygen atoms in total. The molecular formula is C15H11ClN3O5-. The Morgan fingerprint density at radius 1 is 1.33 bits per heavy atom. The van der Waals surface area contributed by atoms with E-state index in [1.807, 2.05) is 0 Å². The third-order valence-corrected chi connectivity index (χ3v) is 3.21. The summed E-state index contributed by atoms with van der Waals surface area (Å²) in [5.41, 5.74) is 2.20. The monoisotopic (exact) mass is 348 g/mol. The van der Waals surface area contributed by atoms with Crippen LogP contribution in [-0.2, 0) is 0 Å². The summed E-state index contributed by atoms with van der Waals surface area (Å²) >= 11 is 5.73. The number of hydrazone groups is 1. The molecule has 0 aliphatic heterocycles. The van der Waals surface area contributed by atoms with Gasteiger partial charge < -0.3 is 9.84 Å². The molecule has 2 rings (SSSR count). The summed E-state index contributed by atoms with van der Waals surface area (Å²) < 4.78 is 4.81. The van der Waals surface area contributed by atoms with E-state index in [0.29, 0.717) is 10.6 Å². The van der Waals surface area contributed by atoms with Gasteiger partial charge in [0.15, 0.2) is 0 Å². The Morgan fingerprint density at radius 2 is 2.00 bits per heavy atom. The van der Waals surface area contributed by atoms with Crippen molar-refractivity contribution < 1.29 is 19.6 Å². The van der Waals surface area contributed by atoms with Crippen molar-refractivity contribution in [1.29, 1.82) is 0 Å². The van der Waals surface area contributed by atoms with Crippen LogP contribution in [-0.4, -0.2) is 24.2 Å². The molecule has 1 N–H and O–H groups in total. The Labute approximate surface area is 141 Å². The number of nitrogens with zero attached hydrogens (tertiary/aromatic N) is 2. The van der Waals surface area contributed by atoms with Crippen molar-refractivity contribution in [3.05, 3.63) is 62.7 Å².